The number of rotatable bonds is 3. The number of para-hydroxylation sites is 1. The fraction of sp³-hybridized carbons (Fsp3) is 0.231. The number of hydrogen-bond acceptors (Lipinski definition) is 2. The molecule has 2 aromatic rings. The minimum atomic E-state index is -1.19. The van der Waals surface area contributed by atoms with Crippen LogP contribution in [0.1, 0.15) is 23.0 Å². The van der Waals surface area contributed by atoms with Crippen LogP contribution in [-0.4, -0.2) is 20.4 Å². The number of carboxylic acids is 1. The lowest BCUT2D eigenvalue weighted by atomic mass is 10.2. The van der Waals surface area contributed by atoms with Gasteiger partial charge in [-0.3, -0.25) is 9.48 Å². The maximum atomic E-state index is 12.2. The van der Waals surface area contributed by atoms with Crippen molar-refractivity contribution >= 4 is 5.97 Å². The number of aromatic carboxylic acids is 1. The van der Waals surface area contributed by atoms with Gasteiger partial charge < -0.3 is 5.11 Å². The van der Waals surface area contributed by atoms with Gasteiger partial charge in [0.1, 0.15) is 5.56 Å². The third-order valence-electron chi connectivity index (χ3n) is 2.91. The molecule has 0 saturated heterocycles. The van der Waals surface area contributed by atoms with E-state index in [0.29, 0.717) is 17.9 Å². The Labute approximate surface area is 104 Å². The largest absolute Gasteiger partial charge is 0.477 e. The Morgan fingerprint density at radius 3 is 2.39 bits per heavy atom. The molecule has 1 aromatic carbocycles. The highest BCUT2D eigenvalue weighted by Gasteiger charge is 2.22. The second-order valence-corrected chi connectivity index (χ2v) is 3.93. The summed E-state index contributed by atoms with van der Waals surface area (Å²) in [5, 5.41) is 9.10. The Kier molecular flexibility index (Phi) is 3.06. The predicted molar refractivity (Wildman–Crippen MR) is 67.4 cm³/mol. The van der Waals surface area contributed by atoms with Gasteiger partial charge in [0.25, 0.3) is 5.56 Å². The summed E-state index contributed by atoms with van der Waals surface area (Å²) in [6.45, 7) is 4.05. The smallest absolute Gasteiger partial charge is 0.343 e. The average molecular weight is 246 g/mol. The lowest BCUT2D eigenvalue weighted by Gasteiger charge is -2.10. The van der Waals surface area contributed by atoms with Crippen molar-refractivity contribution in [3.05, 3.63) is 51.9 Å². The number of benzene rings is 1. The first-order chi connectivity index (χ1) is 8.57. The molecule has 1 N–H and O–H groups in total. The molecule has 0 atom stereocenters. The molecule has 0 aliphatic carbocycles. The normalized spacial score (nSPS) is 10.6. The lowest BCUT2D eigenvalue weighted by Crippen LogP contribution is -2.23. The van der Waals surface area contributed by atoms with Crippen LogP contribution in [0.3, 0.4) is 0 Å². The van der Waals surface area contributed by atoms with Gasteiger partial charge in [-0.05, 0) is 26.0 Å². The van der Waals surface area contributed by atoms with Crippen molar-refractivity contribution in [2.24, 2.45) is 0 Å². The van der Waals surface area contributed by atoms with Crippen LogP contribution in [-0.2, 0) is 6.54 Å². The molecule has 0 aliphatic rings. The highest BCUT2D eigenvalue weighted by molar-refractivity contribution is 5.88. The molecule has 1 aromatic heterocycles. The number of hydrogen-bond donors (Lipinski definition) is 1. The van der Waals surface area contributed by atoms with E-state index in [-0.39, 0.29) is 5.56 Å². The molecule has 0 bridgehead atoms. The van der Waals surface area contributed by atoms with Gasteiger partial charge in [0.05, 0.1) is 11.4 Å². The van der Waals surface area contributed by atoms with Gasteiger partial charge in [0, 0.05) is 6.54 Å². The summed E-state index contributed by atoms with van der Waals surface area (Å²) in [6.07, 6.45) is 0. The van der Waals surface area contributed by atoms with Crippen molar-refractivity contribution in [1.29, 1.82) is 0 Å². The van der Waals surface area contributed by atoms with Crippen molar-refractivity contribution < 1.29 is 9.90 Å². The predicted octanol–water partition coefficient (Wildman–Crippen LogP) is 1.67. The van der Waals surface area contributed by atoms with Crippen molar-refractivity contribution in [3.8, 4) is 5.69 Å². The zero-order chi connectivity index (χ0) is 13.3. The molecule has 1 heterocycles. The SMILES string of the molecule is CCn1c(C)c(C(=O)O)c(=O)n1-c1ccccc1. The van der Waals surface area contributed by atoms with Gasteiger partial charge in [-0.2, -0.15) is 0 Å². The summed E-state index contributed by atoms with van der Waals surface area (Å²) >= 11 is 0. The number of carboxylic acid groups (broad SMARTS) is 1. The van der Waals surface area contributed by atoms with Gasteiger partial charge in [0.2, 0.25) is 0 Å². The van der Waals surface area contributed by atoms with Crippen LogP contribution >= 0.6 is 0 Å². The summed E-state index contributed by atoms with van der Waals surface area (Å²) in [6, 6.07) is 9.02. The molecule has 0 saturated carbocycles. The van der Waals surface area contributed by atoms with E-state index >= 15 is 0 Å². The van der Waals surface area contributed by atoms with Gasteiger partial charge >= 0.3 is 5.97 Å². The fourth-order valence-corrected chi connectivity index (χ4v) is 2.10. The maximum absolute atomic E-state index is 12.2. The number of carbonyl (C=O) groups is 1. The zero-order valence-electron chi connectivity index (χ0n) is 10.3. The first-order valence-corrected chi connectivity index (χ1v) is 5.69. The van der Waals surface area contributed by atoms with Gasteiger partial charge in [-0.25, -0.2) is 9.48 Å². The fourth-order valence-electron chi connectivity index (χ4n) is 2.10. The molecular weight excluding hydrogens is 232 g/mol. The second-order valence-electron chi connectivity index (χ2n) is 3.93. The molecule has 94 valence electrons. The van der Waals surface area contributed by atoms with Crippen LogP contribution in [0.15, 0.2) is 35.1 Å². The van der Waals surface area contributed by atoms with E-state index in [1.807, 2.05) is 25.1 Å². The number of aromatic nitrogens is 2. The average Bonchev–Trinajstić information content (AvgIpc) is 2.61. The summed E-state index contributed by atoms with van der Waals surface area (Å²) < 4.78 is 3.07. The quantitative estimate of drug-likeness (QED) is 0.895. The summed E-state index contributed by atoms with van der Waals surface area (Å²) in [5.74, 6) is -1.19. The Bertz CT molecular complexity index is 638. The zero-order valence-corrected chi connectivity index (χ0v) is 10.3. The van der Waals surface area contributed by atoms with Gasteiger partial charge in [-0.15, -0.1) is 0 Å². The highest BCUT2D eigenvalue weighted by Crippen LogP contribution is 2.11. The molecule has 0 radical (unpaired) electrons. The molecule has 18 heavy (non-hydrogen) atoms. The highest BCUT2D eigenvalue weighted by atomic mass is 16.4. The first kappa shape index (κ1) is 12.2. The Balaban J connectivity index is 2.80. The molecule has 0 unspecified atom stereocenters. The van der Waals surface area contributed by atoms with Gasteiger partial charge in [0.15, 0.2) is 0 Å². The minimum Gasteiger partial charge on any atom is -0.477 e. The standard InChI is InChI=1S/C13H14N2O3/c1-3-14-9(2)11(13(17)18)12(16)15(14)10-7-5-4-6-8-10/h4-8H,3H2,1-2H3,(H,17,18). The van der Waals surface area contributed by atoms with E-state index in [1.54, 1.807) is 23.7 Å². The van der Waals surface area contributed by atoms with Crippen molar-refractivity contribution in [2.75, 3.05) is 0 Å². The van der Waals surface area contributed by atoms with Gasteiger partial charge in [-0.1, -0.05) is 18.2 Å². The van der Waals surface area contributed by atoms with Crippen LogP contribution in [0.25, 0.3) is 5.69 Å². The van der Waals surface area contributed by atoms with E-state index in [0.717, 1.165) is 0 Å². The molecule has 5 heteroatoms. The number of nitrogens with zero attached hydrogens (tertiary/aromatic N) is 2. The third-order valence-corrected chi connectivity index (χ3v) is 2.91. The summed E-state index contributed by atoms with van der Waals surface area (Å²) in [4.78, 5) is 23.3. The molecular formula is C13H14N2O3. The lowest BCUT2D eigenvalue weighted by molar-refractivity contribution is 0.0694. The topological polar surface area (TPSA) is 64.2 Å². The van der Waals surface area contributed by atoms with Crippen LogP contribution in [0.5, 0.6) is 0 Å². The summed E-state index contributed by atoms with van der Waals surface area (Å²) in [5.41, 5.74) is 0.479. The van der Waals surface area contributed by atoms with E-state index in [2.05, 4.69) is 0 Å². The molecule has 0 spiro atoms. The Morgan fingerprint density at radius 2 is 1.89 bits per heavy atom. The summed E-state index contributed by atoms with van der Waals surface area (Å²) in [7, 11) is 0. The van der Waals surface area contributed by atoms with Crippen LogP contribution in [0, 0.1) is 6.92 Å². The maximum Gasteiger partial charge on any atom is 0.343 e. The second kappa shape index (κ2) is 4.52. The first-order valence-electron chi connectivity index (χ1n) is 5.69. The molecule has 0 fully saturated rings. The minimum absolute atomic E-state index is 0.166. The monoisotopic (exact) mass is 246 g/mol. The van der Waals surface area contributed by atoms with Crippen LogP contribution in [0.2, 0.25) is 0 Å². The van der Waals surface area contributed by atoms with Crippen LogP contribution < -0.4 is 5.56 Å². The Hall–Kier alpha value is -2.30. The van der Waals surface area contributed by atoms with Crippen LogP contribution in [0.4, 0.5) is 0 Å². The molecule has 0 amide bonds. The molecule has 0 aliphatic heterocycles. The Morgan fingerprint density at radius 1 is 1.28 bits per heavy atom. The third kappa shape index (κ3) is 1.73. The van der Waals surface area contributed by atoms with E-state index < -0.39 is 11.5 Å². The molecule has 5 nitrogen and oxygen atoms in total. The van der Waals surface area contributed by atoms with E-state index in [9.17, 15) is 9.59 Å². The van der Waals surface area contributed by atoms with E-state index in [1.165, 1.54) is 4.68 Å². The van der Waals surface area contributed by atoms with E-state index in [4.69, 9.17) is 5.11 Å². The van der Waals surface area contributed by atoms with Crippen molar-refractivity contribution in [1.82, 2.24) is 9.36 Å². The molecule has 2 rings (SSSR count). The van der Waals surface area contributed by atoms with Crippen molar-refractivity contribution in [3.63, 3.8) is 0 Å². The van der Waals surface area contributed by atoms with Crippen molar-refractivity contribution in [2.45, 2.75) is 20.4 Å².